The quantitative estimate of drug-likeness (QED) is 0.594. The molecule has 1 aromatic carbocycles. The Hall–Kier alpha value is -1.01. The van der Waals surface area contributed by atoms with Gasteiger partial charge in [-0.2, -0.15) is 0 Å². The van der Waals surface area contributed by atoms with E-state index in [1.165, 1.54) is 0 Å². The van der Waals surface area contributed by atoms with Gasteiger partial charge in [0.25, 0.3) is 0 Å². The van der Waals surface area contributed by atoms with Crippen LogP contribution in [0.5, 0.6) is 0 Å². The second-order valence-corrected chi connectivity index (χ2v) is 13.2. The zero-order valence-electron chi connectivity index (χ0n) is 15.8. The third kappa shape index (κ3) is 4.14. The van der Waals surface area contributed by atoms with Crippen LogP contribution in [0, 0.1) is 0 Å². The van der Waals surface area contributed by atoms with Crippen LogP contribution in [-0.4, -0.2) is 32.6 Å². The van der Waals surface area contributed by atoms with Crippen molar-refractivity contribution in [3.63, 3.8) is 0 Å². The van der Waals surface area contributed by atoms with Crippen molar-refractivity contribution in [2.45, 2.75) is 76.8 Å². The summed E-state index contributed by atoms with van der Waals surface area (Å²) in [5.41, 5.74) is 1.00. The van der Waals surface area contributed by atoms with Crippen molar-refractivity contribution in [2.75, 3.05) is 0 Å². The van der Waals surface area contributed by atoms with E-state index in [0.29, 0.717) is 0 Å². The van der Waals surface area contributed by atoms with E-state index < -0.39 is 26.3 Å². The molecule has 3 atom stereocenters. The van der Waals surface area contributed by atoms with Crippen LogP contribution in [0.25, 0.3) is 0 Å². The Balaban J connectivity index is 2.40. The molecule has 1 aromatic rings. The van der Waals surface area contributed by atoms with E-state index in [4.69, 9.17) is 13.9 Å². The van der Waals surface area contributed by atoms with Gasteiger partial charge in [0.05, 0.1) is 0 Å². The minimum atomic E-state index is -2.09. The first-order valence-corrected chi connectivity index (χ1v) is 11.4. The highest BCUT2D eigenvalue weighted by Crippen LogP contribution is 2.43. The van der Waals surface area contributed by atoms with Crippen LogP contribution in [0.4, 0.5) is 0 Å². The monoisotopic (exact) mass is 350 g/mol. The normalized spacial score (nSPS) is 27.7. The molecule has 1 aliphatic rings. The van der Waals surface area contributed by atoms with Crippen LogP contribution >= 0.6 is 0 Å². The average Bonchev–Trinajstić information content (AvgIpc) is 2.48. The van der Waals surface area contributed by atoms with Gasteiger partial charge in [0, 0.05) is 0 Å². The summed E-state index contributed by atoms with van der Waals surface area (Å²) >= 11 is 0. The molecule has 1 saturated heterocycles. The molecule has 0 saturated carbocycles. The van der Waals surface area contributed by atoms with Crippen molar-refractivity contribution in [1.82, 2.24) is 0 Å². The molecule has 1 fully saturated rings. The van der Waals surface area contributed by atoms with E-state index in [9.17, 15) is 4.79 Å². The maximum atomic E-state index is 11.7. The van der Waals surface area contributed by atoms with Gasteiger partial charge in [0.2, 0.25) is 0 Å². The lowest BCUT2D eigenvalue weighted by Crippen LogP contribution is -2.56. The van der Waals surface area contributed by atoms with Gasteiger partial charge in [-0.3, -0.25) is 0 Å². The van der Waals surface area contributed by atoms with Gasteiger partial charge in [-0.25, -0.2) is 0 Å². The molecule has 0 aliphatic carbocycles. The first kappa shape index (κ1) is 19.3. The first-order chi connectivity index (χ1) is 11.0. The lowest BCUT2D eigenvalue weighted by atomic mass is 9.98. The predicted octanol–water partition coefficient (Wildman–Crippen LogP) is 4.47. The minimum Gasteiger partial charge on any atom is -0.408 e. The van der Waals surface area contributed by atoms with Gasteiger partial charge in [-0.15, -0.1) is 0 Å². The second-order valence-electron chi connectivity index (χ2n) is 8.41. The molecule has 5 heteroatoms. The summed E-state index contributed by atoms with van der Waals surface area (Å²) in [6.07, 6.45) is -0.580. The number of hydrogen-bond donors (Lipinski definition) is 0. The number of carbonyl (C=O) groups is 1. The van der Waals surface area contributed by atoms with Crippen molar-refractivity contribution in [3.05, 3.63) is 35.9 Å². The fourth-order valence-electron chi connectivity index (χ4n) is 2.62. The Morgan fingerprint density at radius 2 is 1.71 bits per heavy atom. The molecule has 0 unspecified atom stereocenters. The third-order valence-electron chi connectivity index (χ3n) is 4.95. The smallest absolute Gasteiger partial charge is 0.192 e. The Bertz CT molecular complexity index is 562. The van der Waals surface area contributed by atoms with E-state index in [-0.39, 0.29) is 11.1 Å². The highest BCUT2D eigenvalue weighted by atomic mass is 28.4. The second kappa shape index (κ2) is 6.71. The molecule has 24 heavy (non-hydrogen) atoms. The Morgan fingerprint density at radius 1 is 1.12 bits per heavy atom. The third-order valence-corrected chi connectivity index (χ3v) is 9.43. The molecule has 0 spiro atoms. The van der Waals surface area contributed by atoms with Crippen molar-refractivity contribution in [2.24, 2.45) is 0 Å². The van der Waals surface area contributed by atoms with E-state index in [1.807, 2.05) is 44.2 Å². The molecular weight excluding hydrogens is 320 g/mol. The highest BCUT2D eigenvalue weighted by molar-refractivity contribution is 6.74. The number of rotatable bonds is 4. The van der Waals surface area contributed by atoms with E-state index in [1.54, 1.807) is 0 Å². The SMILES string of the molecule is CC1(C)O[C@H](c2ccccc2)[C@@H](O[Si](C)(C)C(C)(C)C)[C@@H](C=O)O1. The first-order valence-electron chi connectivity index (χ1n) is 8.50. The predicted molar refractivity (Wildman–Crippen MR) is 97.4 cm³/mol. The van der Waals surface area contributed by atoms with Crippen molar-refractivity contribution < 1.29 is 18.7 Å². The van der Waals surface area contributed by atoms with Crippen LogP contribution in [0.2, 0.25) is 18.1 Å². The zero-order valence-corrected chi connectivity index (χ0v) is 16.8. The van der Waals surface area contributed by atoms with Crippen LogP contribution in [0.1, 0.15) is 46.3 Å². The zero-order chi connectivity index (χ0) is 18.2. The molecule has 134 valence electrons. The maximum absolute atomic E-state index is 11.7. The Kier molecular flexibility index (Phi) is 5.40. The van der Waals surface area contributed by atoms with Crippen molar-refractivity contribution in [1.29, 1.82) is 0 Å². The summed E-state index contributed by atoms with van der Waals surface area (Å²) in [5.74, 6) is -0.834. The van der Waals surface area contributed by atoms with Crippen LogP contribution in [0.3, 0.4) is 0 Å². The Labute approximate surface area is 146 Å². The summed E-state index contributed by atoms with van der Waals surface area (Å²) in [6.45, 7) is 14.6. The molecule has 4 nitrogen and oxygen atoms in total. The number of carbonyl (C=O) groups excluding carboxylic acids is 1. The fraction of sp³-hybridized carbons (Fsp3) is 0.632. The molecule has 0 radical (unpaired) electrons. The van der Waals surface area contributed by atoms with Gasteiger partial charge in [-0.1, -0.05) is 51.1 Å². The van der Waals surface area contributed by atoms with E-state index in [0.717, 1.165) is 11.8 Å². The molecule has 2 rings (SSSR count). The lowest BCUT2D eigenvalue weighted by molar-refractivity contribution is -0.322. The highest BCUT2D eigenvalue weighted by Gasteiger charge is 2.49. The molecule has 1 aliphatic heterocycles. The van der Waals surface area contributed by atoms with Gasteiger partial charge in [-0.05, 0) is 37.5 Å². The number of ether oxygens (including phenoxy) is 2. The molecule has 0 amide bonds. The molecule has 0 N–H and O–H groups in total. The van der Waals surface area contributed by atoms with Gasteiger partial charge < -0.3 is 18.7 Å². The summed E-state index contributed by atoms with van der Waals surface area (Å²) in [4.78, 5) is 11.7. The average molecular weight is 351 g/mol. The van der Waals surface area contributed by atoms with Crippen molar-refractivity contribution >= 4 is 14.6 Å². The van der Waals surface area contributed by atoms with E-state index >= 15 is 0 Å². The summed E-state index contributed by atoms with van der Waals surface area (Å²) in [7, 11) is -2.09. The fourth-order valence-corrected chi connectivity index (χ4v) is 3.91. The summed E-state index contributed by atoms with van der Waals surface area (Å²) < 4.78 is 18.6. The van der Waals surface area contributed by atoms with E-state index in [2.05, 4.69) is 33.9 Å². The molecule has 0 aromatic heterocycles. The van der Waals surface area contributed by atoms with Crippen LogP contribution < -0.4 is 0 Å². The van der Waals surface area contributed by atoms with Gasteiger partial charge >= 0.3 is 0 Å². The molecular formula is C19H30O4Si. The number of benzene rings is 1. The Morgan fingerprint density at radius 3 is 2.21 bits per heavy atom. The maximum Gasteiger partial charge on any atom is 0.192 e. The van der Waals surface area contributed by atoms with Gasteiger partial charge in [0.1, 0.15) is 18.3 Å². The summed E-state index contributed by atoms with van der Waals surface area (Å²) in [5, 5.41) is 0.0363. The minimum absolute atomic E-state index is 0.0363. The lowest BCUT2D eigenvalue weighted by Gasteiger charge is -2.48. The van der Waals surface area contributed by atoms with Gasteiger partial charge in [0.15, 0.2) is 20.4 Å². The molecule has 1 heterocycles. The van der Waals surface area contributed by atoms with Crippen LogP contribution in [-0.2, 0) is 18.7 Å². The van der Waals surface area contributed by atoms with Crippen LogP contribution in [0.15, 0.2) is 30.3 Å². The number of aldehydes is 1. The molecule has 0 bridgehead atoms. The standard InChI is InChI=1S/C19H30O4Si/c1-18(2,3)24(6,7)23-17-15(13-20)21-19(4,5)22-16(17)14-11-9-8-10-12-14/h8-13,15-17H,1-7H3/t15-,16-,17+/m1/s1. The van der Waals surface area contributed by atoms with Crippen molar-refractivity contribution in [3.8, 4) is 0 Å². The number of hydrogen-bond acceptors (Lipinski definition) is 4. The summed E-state index contributed by atoms with van der Waals surface area (Å²) in [6, 6.07) is 9.93. The largest absolute Gasteiger partial charge is 0.408 e. The topological polar surface area (TPSA) is 44.8 Å².